The number of likely N-dealkylation sites (tertiary alicyclic amines) is 1. The molecule has 0 aromatic heterocycles. The van der Waals surface area contributed by atoms with Gasteiger partial charge in [0.25, 0.3) is 5.91 Å². The maximum Gasteiger partial charge on any atom is 0.255 e. The van der Waals surface area contributed by atoms with E-state index in [-0.39, 0.29) is 17.1 Å². The minimum Gasteiger partial charge on any atom is -0.322 e. The third-order valence-corrected chi connectivity index (χ3v) is 6.22. The van der Waals surface area contributed by atoms with E-state index in [1.807, 2.05) is 48.5 Å². The van der Waals surface area contributed by atoms with Gasteiger partial charge in [0.1, 0.15) is 0 Å². The van der Waals surface area contributed by atoms with Crippen molar-refractivity contribution >= 4 is 17.4 Å². The Balaban J connectivity index is 1.42. The van der Waals surface area contributed by atoms with Crippen molar-refractivity contribution in [1.29, 1.82) is 0 Å². The van der Waals surface area contributed by atoms with Crippen molar-refractivity contribution < 1.29 is 9.59 Å². The third kappa shape index (κ3) is 5.77. The molecule has 0 bridgehead atoms. The molecule has 33 heavy (non-hydrogen) atoms. The molecule has 0 saturated carbocycles. The molecule has 0 spiro atoms. The number of benzene rings is 3. The molecule has 3 aromatic carbocycles. The van der Waals surface area contributed by atoms with Gasteiger partial charge in [-0.1, -0.05) is 69.3 Å². The molecule has 4 rings (SSSR count). The summed E-state index contributed by atoms with van der Waals surface area (Å²) in [4.78, 5) is 28.2. The van der Waals surface area contributed by atoms with Gasteiger partial charge < -0.3 is 5.32 Å². The Morgan fingerprint density at radius 2 is 1.45 bits per heavy atom. The molecule has 1 saturated heterocycles. The van der Waals surface area contributed by atoms with Crippen LogP contribution in [0.5, 0.6) is 0 Å². The van der Waals surface area contributed by atoms with Crippen LogP contribution in [0.25, 0.3) is 0 Å². The Labute approximate surface area is 196 Å². The minimum absolute atomic E-state index is 0.0398. The summed E-state index contributed by atoms with van der Waals surface area (Å²) in [6, 6.07) is 22.7. The van der Waals surface area contributed by atoms with Gasteiger partial charge in [-0.25, -0.2) is 0 Å². The Morgan fingerprint density at radius 1 is 0.818 bits per heavy atom. The second kappa shape index (κ2) is 9.72. The number of ketones is 1. The van der Waals surface area contributed by atoms with Gasteiger partial charge in [0.15, 0.2) is 5.78 Å². The van der Waals surface area contributed by atoms with Gasteiger partial charge in [-0.05, 0) is 66.7 Å². The molecule has 0 unspecified atom stereocenters. The molecule has 4 nitrogen and oxygen atoms in total. The smallest absolute Gasteiger partial charge is 0.255 e. The Morgan fingerprint density at radius 3 is 2.09 bits per heavy atom. The van der Waals surface area contributed by atoms with Crippen molar-refractivity contribution in [3.05, 3.63) is 101 Å². The van der Waals surface area contributed by atoms with E-state index in [4.69, 9.17) is 0 Å². The number of carbonyl (C=O) groups excluding carboxylic acids is 2. The number of anilines is 1. The fourth-order valence-electron chi connectivity index (χ4n) is 4.19. The van der Waals surface area contributed by atoms with Crippen LogP contribution in [0, 0.1) is 0 Å². The molecular formula is C29H32N2O2. The SMILES string of the molecule is CC(C)(C)c1ccc(C(=O)c2cccc(NC(=O)c3ccc(CN4CCCC4)cc3)c2)cc1. The summed E-state index contributed by atoms with van der Waals surface area (Å²) >= 11 is 0. The van der Waals surface area contributed by atoms with E-state index in [0.717, 1.165) is 19.6 Å². The molecule has 1 aliphatic rings. The van der Waals surface area contributed by atoms with Crippen LogP contribution in [0.1, 0.15) is 71.0 Å². The third-order valence-electron chi connectivity index (χ3n) is 6.22. The summed E-state index contributed by atoms with van der Waals surface area (Å²) in [6.45, 7) is 9.68. The zero-order valence-electron chi connectivity index (χ0n) is 19.7. The van der Waals surface area contributed by atoms with Crippen molar-refractivity contribution in [2.75, 3.05) is 18.4 Å². The molecule has 3 aromatic rings. The number of hydrogen-bond acceptors (Lipinski definition) is 3. The highest BCUT2D eigenvalue weighted by Gasteiger charge is 2.16. The standard InChI is InChI=1S/C29H32N2O2/c1-29(2,3)25-15-13-22(14-16-25)27(32)24-7-6-8-26(19-24)30-28(33)23-11-9-21(10-12-23)20-31-17-4-5-18-31/h6-16,19H,4-5,17-18,20H2,1-3H3,(H,30,33). The molecule has 4 heteroatoms. The highest BCUT2D eigenvalue weighted by atomic mass is 16.1. The second-order valence-electron chi connectivity index (χ2n) is 9.87. The fourth-order valence-corrected chi connectivity index (χ4v) is 4.19. The zero-order valence-corrected chi connectivity index (χ0v) is 19.7. The molecule has 1 fully saturated rings. The highest BCUT2D eigenvalue weighted by molar-refractivity contribution is 6.10. The van der Waals surface area contributed by atoms with Gasteiger partial charge in [0.05, 0.1) is 0 Å². The fraction of sp³-hybridized carbons (Fsp3) is 0.310. The van der Waals surface area contributed by atoms with Crippen molar-refractivity contribution in [3.63, 3.8) is 0 Å². The first-order valence-electron chi connectivity index (χ1n) is 11.7. The average Bonchev–Trinajstić information content (AvgIpc) is 3.32. The summed E-state index contributed by atoms with van der Waals surface area (Å²) in [5.41, 5.74) is 4.85. The largest absolute Gasteiger partial charge is 0.322 e. The van der Waals surface area contributed by atoms with E-state index in [1.165, 1.54) is 24.0 Å². The number of carbonyl (C=O) groups is 2. The highest BCUT2D eigenvalue weighted by Crippen LogP contribution is 2.23. The van der Waals surface area contributed by atoms with Crippen LogP contribution in [0.3, 0.4) is 0 Å². The van der Waals surface area contributed by atoms with Crippen LogP contribution in [-0.4, -0.2) is 29.7 Å². The summed E-state index contributed by atoms with van der Waals surface area (Å²) < 4.78 is 0. The van der Waals surface area contributed by atoms with E-state index in [9.17, 15) is 9.59 Å². The van der Waals surface area contributed by atoms with Gasteiger partial charge in [-0.15, -0.1) is 0 Å². The van der Waals surface area contributed by atoms with Crippen LogP contribution in [0.2, 0.25) is 0 Å². The quantitative estimate of drug-likeness (QED) is 0.474. The van der Waals surface area contributed by atoms with Gasteiger partial charge in [-0.3, -0.25) is 14.5 Å². The first kappa shape index (κ1) is 22.9. The normalized spacial score (nSPS) is 14.3. The van der Waals surface area contributed by atoms with Gasteiger partial charge in [0, 0.05) is 28.9 Å². The van der Waals surface area contributed by atoms with Gasteiger partial charge >= 0.3 is 0 Å². The summed E-state index contributed by atoms with van der Waals surface area (Å²) in [6.07, 6.45) is 2.54. The number of rotatable bonds is 6. The van der Waals surface area contributed by atoms with E-state index in [1.54, 1.807) is 24.3 Å². The lowest BCUT2D eigenvalue weighted by Crippen LogP contribution is -2.18. The lowest BCUT2D eigenvalue weighted by Gasteiger charge is -2.19. The first-order valence-corrected chi connectivity index (χ1v) is 11.7. The van der Waals surface area contributed by atoms with Crippen LogP contribution in [-0.2, 0) is 12.0 Å². The zero-order chi connectivity index (χ0) is 23.4. The molecule has 1 N–H and O–H groups in total. The summed E-state index contributed by atoms with van der Waals surface area (Å²) in [7, 11) is 0. The molecule has 0 atom stereocenters. The van der Waals surface area contributed by atoms with Crippen LogP contribution in [0.4, 0.5) is 5.69 Å². The van der Waals surface area contributed by atoms with E-state index in [2.05, 4.69) is 31.0 Å². The summed E-state index contributed by atoms with van der Waals surface area (Å²) in [5, 5.41) is 2.92. The lowest BCUT2D eigenvalue weighted by molar-refractivity contribution is 0.102. The topological polar surface area (TPSA) is 49.4 Å². The molecule has 0 radical (unpaired) electrons. The van der Waals surface area contributed by atoms with E-state index >= 15 is 0 Å². The molecule has 0 aliphatic carbocycles. The van der Waals surface area contributed by atoms with Crippen LogP contribution < -0.4 is 5.32 Å². The Kier molecular flexibility index (Phi) is 6.75. The van der Waals surface area contributed by atoms with Crippen molar-refractivity contribution in [2.24, 2.45) is 0 Å². The molecule has 1 aliphatic heterocycles. The number of nitrogens with one attached hydrogen (secondary N) is 1. The number of amides is 1. The number of nitrogens with zero attached hydrogens (tertiary/aromatic N) is 1. The maximum atomic E-state index is 13.0. The minimum atomic E-state index is -0.179. The molecular weight excluding hydrogens is 408 g/mol. The summed E-state index contributed by atoms with van der Waals surface area (Å²) in [5.74, 6) is -0.236. The van der Waals surface area contributed by atoms with Crippen molar-refractivity contribution in [1.82, 2.24) is 4.90 Å². The van der Waals surface area contributed by atoms with Gasteiger partial charge in [-0.2, -0.15) is 0 Å². The maximum absolute atomic E-state index is 13.0. The Bertz CT molecular complexity index is 1120. The predicted octanol–water partition coefficient (Wildman–Crippen LogP) is 6.06. The molecule has 1 amide bonds. The second-order valence-corrected chi connectivity index (χ2v) is 9.87. The van der Waals surface area contributed by atoms with Crippen LogP contribution >= 0.6 is 0 Å². The van der Waals surface area contributed by atoms with Gasteiger partial charge in [0.2, 0.25) is 0 Å². The average molecular weight is 441 g/mol. The Hall–Kier alpha value is -3.24. The molecule has 1 heterocycles. The van der Waals surface area contributed by atoms with Crippen molar-refractivity contribution in [3.8, 4) is 0 Å². The van der Waals surface area contributed by atoms with Crippen molar-refractivity contribution in [2.45, 2.75) is 45.6 Å². The first-order chi connectivity index (χ1) is 15.8. The van der Waals surface area contributed by atoms with E-state index in [0.29, 0.717) is 22.4 Å². The predicted molar refractivity (Wildman–Crippen MR) is 134 cm³/mol. The van der Waals surface area contributed by atoms with E-state index < -0.39 is 0 Å². The van der Waals surface area contributed by atoms with Crippen LogP contribution in [0.15, 0.2) is 72.8 Å². The number of hydrogen-bond donors (Lipinski definition) is 1. The monoisotopic (exact) mass is 440 g/mol. The molecule has 170 valence electrons. The lowest BCUT2D eigenvalue weighted by atomic mass is 9.86.